The molecule has 7 heterocycles. The van der Waals surface area contributed by atoms with Crippen LogP contribution in [0.3, 0.4) is 0 Å². The zero-order valence-corrected chi connectivity index (χ0v) is 32.6. The third kappa shape index (κ3) is 7.95. The molecule has 0 radical (unpaired) electrons. The summed E-state index contributed by atoms with van der Waals surface area (Å²) < 4.78 is 51.2. The van der Waals surface area contributed by atoms with Crippen LogP contribution >= 0.6 is 23.4 Å². The van der Waals surface area contributed by atoms with Crippen LogP contribution in [0.15, 0.2) is 77.2 Å². The Morgan fingerprint density at radius 2 is 1.78 bits per heavy atom. The molecule has 0 bridgehead atoms. The van der Waals surface area contributed by atoms with Crippen LogP contribution in [-0.2, 0) is 19.3 Å². The van der Waals surface area contributed by atoms with Crippen molar-refractivity contribution in [3.63, 3.8) is 0 Å². The maximum Gasteiger partial charge on any atom is 0.414 e. The van der Waals surface area contributed by atoms with Crippen molar-refractivity contribution < 1.29 is 27.1 Å². The number of ether oxygens (including phenoxy) is 2. The molecule has 0 aliphatic carbocycles. The van der Waals surface area contributed by atoms with E-state index >= 15 is 0 Å². The highest BCUT2D eigenvalue weighted by Gasteiger charge is 2.34. The first kappa shape index (κ1) is 37.7. The Morgan fingerprint density at radius 3 is 2.52 bits per heavy atom. The van der Waals surface area contributed by atoms with Crippen LogP contribution in [0.5, 0.6) is 0 Å². The van der Waals surface area contributed by atoms with Crippen molar-refractivity contribution in [2.24, 2.45) is 0 Å². The lowest BCUT2D eigenvalue weighted by atomic mass is 10.0. The number of benzene rings is 1. The van der Waals surface area contributed by atoms with Gasteiger partial charge in [0.2, 0.25) is 0 Å². The number of sulfone groups is 1. The van der Waals surface area contributed by atoms with Crippen molar-refractivity contribution >= 4 is 72.9 Å². The van der Waals surface area contributed by atoms with Crippen molar-refractivity contribution in [3.05, 3.63) is 83.5 Å². The number of thioether (sulfide) groups is 1. The highest BCUT2D eigenvalue weighted by Crippen LogP contribution is 2.43. The third-order valence-corrected chi connectivity index (χ3v) is 11.8. The summed E-state index contributed by atoms with van der Waals surface area (Å²) in [5.41, 5.74) is 4.93. The summed E-state index contributed by atoms with van der Waals surface area (Å²) in [6.07, 6.45) is 4.55. The van der Waals surface area contributed by atoms with Crippen molar-refractivity contribution in [2.75, 3.05) is 65.6 Å². The quantitative estimate of drug-likeness (QED) is 0.180. The van der Waals surface area contributed by atoms with E-state index in [1.54, 1.807) is 47.4 Å². The van der Waals surface area contributed by atoms with Gasteiger partial charge in [-0.05, 0) is 64.1 Å². The summed E-state index contributed by atoms with van der Waals surface area (Å²) in [6, 6.07) is 13.7. The van der Waals surface area contributed by atoms with Crippen LogP contribution in [0.2, 0.25) is 5.02 Å². The lowest BCUT2D eigenvalue weighted by Gasteiger charge is -2.35. The molecule has 282 valence electrons. The Kier molecular flexibility index (Phi) is 10.7. The summed E-state index contributed by atoms with van der Waals surface area (Å²) in [5, 5.41) is 2.12. The molecule has 1 fully saturated rings. The second-order valence-corrected chi connectivity index (χ2v) is 17.4. The van der Waals surface area contributed by atoms with Gasteiger partial charge in [-0.2, -0.15) is 0 Å². The summed E-state index contributed by atoms with van der Waals surface area (Å²) in [7, 11) is -3.55. The molecular formula is C38H39ClFN7O5S2. The van der Waals surface area contributed by atoms with E-state index in [1.807, 2.05) is 56.9 Å². The molecule has 54 heavy (non-hydrogen) atoms. The van der Waals surface area contributed by atoms with Gasteiger partial charge in [0.05, 0.1) is 69.8 Å². The topological polar surface area (TPSA) is 131 Å². The summed E-state index contributed by atoms with van der Waals surface area (Å²) in [6.45, 7) is 10.9. The lowest BCUT2D eigenvalue weighted by Crippen LogP contribution is -2.40. The minimum atomic E-state index is -3.55. The van der Waals surface area contributed by atoms with E-state index in [0.29, 0.717) is 60.5 Å². The van der Waals surface area contributed by atoms with E-state index < -0.39 is 21.3 Å². The number of halogens is 2. The van der Waals surface area contributed by atoms with Crippen LogP contribution in [0.25, 0.3) is 22.3 Å². The second kappa shape index (κ2) is 15.3. The van der Waals surface area contributed by atoms with Gasteiger partial charge in [-0.15, -0.1) is 11.8 Å². The molecule has 0 unspecified atom stereocenters. The minimum Gasteiger partial charge on any atom is -0.443 e. The lowest BCUT2D eigenvalue weighted by molar-refractivity contribution is 0.0581. The van der Waals surface area contributed by atoms with Crippen LogP contribution < -0.4 is 14.7 Å². The predicted octanol–water partition coefficient (Wildman–Crippen LogP) is 7.48. The van der Waals surface area contributed by atoms with Crippen molar-refractivity contribution in [1.29, 1.82) is 0 Å². The number of aromatic nitrogens is 4. The molecule has 0 spiro atoms. The van der Waals surface area contributed by atoms with Gasteiger partial charge < -0.3 is 19.3 Å². The van der Waals surface area contributed by atoms with E-state index in [1.165, 1.54) is 12.1 Å². The number of hydrogen-bond acceptors (Lipinski definition) is 12. The number of nitrogens with zero attached hydrogens (tertiary/aromatic N) is 7. The average Bonchev–Trinajstić information content (AvgIpc) is 3.15. The first-order valence-electron chi connectivity index (χ1n) is 17.4. The van der Waals surface area contributed by atoms with Crippen molar-refractivity contribution in [1.82, 2.24) is 19.9 Å². The molecule has 5 aromatic rings. The van der Waals surface area contributed by atoms with Crippen molar-refractivity contribution in [2.45, 2.75) is 43.3 Å². The molecule has 1 saturated heterocycles. The standard InChI is InChI=1S/C26H24FN5O3S.C12H15ClN2O2S/c1-17-24(21-4-2-3-7-28-21)30-22-14-18(27)5-6-20(22)25(17)32-10-13-36(33,34)26-23(32)15-19(16-29-26)31-8-11-35-12-9-31;1-12(2,3)17-11(16)15-4-5-18-10-9(15)6-8(13)7-14-10/h2-7,14-16H,8-13H2,1H3;6-7H,4-5H2,1-3H3. The van der Waals surface area contributed by atoms with E-state index in [2.05, 4.69) is 19.9 Å². The van der Waals surface area contributed by atoms with E-state index in [4.69, 9.17) is 26.1 Å². The first-order valence-corrected chi connectivity index (χ1v) is 20.4. The monoisotopic (exact) mass is 791 g/mol. The Labute approximate surface area is 322 Å². The molecule has 0 saturated carbocycles. The van der Waals surface area contributed by atoms with Crippen molar-refractivity contribution in [3.8, 4) is 11.4 Å². The number of hydrogen-bond donors (Lipinski definition) is 0. The minimum absolute atomic E-state index is 0.0524. The fraction of sp³-hybridized carbons (Fsp3) is 0.342. The maximum atomic E-state index is 14.3. The van der Waals surface area contributed by atoms with Gasteiger partial charge in [0.15, 0.2) is 14.9 Å². The third-order valence-electron chi connectivity index (χ3n) is 8.96. The molecule has 4 aromatic heterocycles. The highest BCUT2D eigenvalue weighted by molar-refractivity contribution is 7.99. The maximum absolute atomic E-state index is 14.3. The van der Waals surface area contributed by atoms with Gasteiger partial charge >= 0.3 is 6.09 Å². The molecule has 3 aliphatic heterocycles. The van der Waals surface area contributed by atoms with E-state index in [-0.39, 0.29) is 23.4 Å². The van der Waals surface area contributed by atoms with Gasteiger partial charge in [-0.3, -0.25) is 9.88 Å². The number of anilines is 4. The fourth-order valence-corrected chi connectivity index (χ4v) is 8.90. The van der Waals surface area contributed by atoms with Crippen LogP contribution in [0.1, 0.15) is 26.3 Å². The van der Waals surface area contributed by atoms with Gasteiger partial charge in [0, 0.05) is 61.3 Å². The van der Waals surface area contributed by atoms with Crippen LogP contribution in [0.4, 0.5) is 31.9 Å². The SMILES string of the molecule is CC(C)(C)OC(=O)N1CCSc2ncc(Cl)cc21.Cc1c(-c2ccccn2)nc2cc(F)ccc2c1N1CCS(=O)(=O)c2ncc(N3CCOCC3)cc21. The summed E-state index contributed by atoms with van der Waals surface area (Å²) in [5.74, 6) is 0.336. The number of pyridine rings is 4. The zero-order valence-electron chi connectivity index (χ0n) is 30.3. The number of rotatable bonds is 3. The number of fused-ring (bicyclic) bond motifs is 3. The molecule has 0 atom stereocenters. The summed E-state index contributed by atoms with van der Waals surface area (Å²) in [4.78, 5) is 35.7. The van der Waals surface area contributed by atoms with E-state index in [9.17, 15) is 17.6 Å². The van der Waals surface area contributed by atoms with E-state index in [0.717, 1.165) is 38.8 Å². The van der Waals surface area contributed by atoms with Gasteiger partial charge in [-0.25, -0.2) is 32.6 Å². The van der Waals surface area contributed by atoms with Crippen LogP contribution in [0, 0.1) is 12.7 Å². The zero-order chi connectivity index (χ0) is 38.2. The first-order chi connectivity index (χ1) is 25.8. The van der Waals surface area contributed by atoms with Gasteiger partial charge in [0.25, 0.3) is 0 Å². The normalized spacial score (nSPS) is 16.6. The number of morpholine rings is 1. The number of amides is 1. The molecule has 16 heteroatoms. The van der Waals surface area contributed by atoms with Gasteiger partial charge in [0.1, 0.15) is 16.4 Å². The molecular weight excluding hydrogens is 753 g/mol. The predicted molar refractivity (Wildman–Crippen MR) is 210 cm³/mol. The second-order valence-electron chi connectivity index (χ2n) is 13.9. The Morgan fingerprint density at radius 1 is 0.981 bits per heavy atom. The smallest absolute Gasteiger partial charge is 0.414 e. The molecule has 1 amide bonds. The Hall–Kier alpha value is -4.57. The number of carbonyl (C=O) groups is 1. The molecule has 0 N–H and O–H groups in total. The largest absolute Gasteiger partial charge is 0.443 e. The Balaban J connectivity index is 0.000000210. The fourth-order valence-electron chi connectivity index (χ4n) is 6.52. The summed E-state index contributed by atoms with van der Waals surface area (Å²) >= 11 is 7.55. The molecule has 1 aromatic carbocycles. The average molecular weight is 792 g/mol. The molecule has 12 nitrogen and oxygen atoms in total. The van der Waals surface area contributed by atoms with Gasteiger partial charge in [-0.1, -0.05) is 17.7 Å². The molecule has 3 aliphatic rings. The van der Waals surface area contributed by atoms with Crippen LogP contribution in [-0.4, -0.2) is 90.9 Å². The Bertz CT molecular complexity index is 2320. The number of carbonyl (C=O) groups excluding carboxylic acids is 1. The molecule has 8 rings (SSSR count). The highest BCUT2D eigenvalue weighted by atomic mass is 35.5.